The highest BCUT2D eigenvalue weighted by Gasteiger charge is 2.22. The first-order valence-electron chi connectivity index (χ1n) is 6.82. The summed E-state index contributed by atoms with van der Waals surface area (Å²) in [6, 6.07) is 0.815. The number of hydrogen-bond acceptors (Lipinski definition) is 2. The predicted molar refractivity (Wildman–Crippen MR) is 65.1 cm³/mol. The zero-order valence-electron chi connectivity index (χ0n) is 10.2. The van der Waals surface area contributed by atoms with Crippen LogP contribution >= 0.6 is 0 Å². The van der Waals surface area contributed by atoms with Crippen molar-refractivity contribution in [2.75, 3.05) is 26.2 Å². The molecule has 88 valence electrons. The van der Waals surface area contributed by atoms with E-state index in [9.17, 15) is 0 Å². The first-order chi connectivity index (χ1) is 7.36. The van der Waals surface area contributed by atoms with E-state index in [1.165, 1.54) is 64.7 Å². The molecule has 0 aromatic heterocycles. The fraction of sp³-hybridized carbons (Fsp3) is 1.00. The molecule has 0 bridgehead atoms. The average molecular weight is 210 g/mol. The Labute approximate surface area is 94.4 Å². The number of piperidine rings is 1. The molecule has 0 spiro atoms. The Morgan fingerprint density at radius 1 is 1.07 bits per heavy atom. The van der Waals surface area contributed by atoms with Gasteiger partial charge >= 0.3 is 0 Å². The Balaban J connectivity index is 1.57. The number of rotatable bonds is 4. The smallest absolute Gasteiger partial charge is 0.0107 e. The van der Waals surface area contributed by atoms with E-state index in [-0.39, 0.29) is 0 Å². The van der Waals surface area contributed by atoms with Crippen LogP contribution in [0.1, 0.15) is 45.4 Å². The van der Waals surface area contributed by atoms with Crippen molar-refractivity contribution in [1.29, 1.82) is 0 Å². The van der Waals surface area contributed by atoms with Crippen LogP contribution in [0, 0.1) is 5.92 Å². The summed E-state index contributed by atoms with van der Waals surface area (Å²) in [5.74, 6) is 0.909. The van der Waals surface area contributed by atoms with Crippen molar-refractivity contribution in [3.05, 3.63) is 0 Å². The van der Waals surface area contributed by atoms with E-state index in [1.54, 1.807) is 0 Å². The van der Waals surface area contributed by atoms with Crippen LogP contribution in [0.25, 0.3) is 0 Å². The molecule has 1 saturated heterocycles. The van der Waals surface area contributed by atoms with Crippen LogP contribution in [0.2, 0.25) is 0 Å². The van der Waals surface area contributed by atoms with Crippen molar-refractivity contribution in [3.8, 4) is 0 Å². The zero-order valence-corrected chi connectivity index (χ0v) is 10.2. The van der Waals surface area contributed by atoms with Crippen molar-refractivity contribution in [3.63, 3.8) is 0 Å². The summed E-state index contributed by atoms with van der Waals surface area (Å²) in [5.41, 5.74) is 0. The third-order valence-corrected chi connectivity index (χ3v) is 4.14. The normalized spacial score (nSPS) is 33.4. The lowest BCUT2D eigenvalue weighted by Gasteiger charge is -2.27. The Kier molecular flexibility index (Phi) is 4.45. The standard InChI is InChI=1S/C13H26N2/c1-12-6-5-7-13(12)14-8-11-15-9-3-2-4-10-15/h12-14H,2-11H2,1H3. The molecule has 2 fully saturated rings. The first-order valence-corrected chi connectivity index (χ1v) is 6.82. The maximum absolute atomic E-state index is 3.74. The van der Waals surface area contributed by atoms with E-state index in [0.29, 0.717) is 0 Å². The molecule has 1 aliphatic heterocycles. The quantitative estimate of drug-likeness (QED) is 0.765. The number of hydrogen-bond donors (Lipinski definition) is 1. The summed E-state index contributed by atoms with van der Waals surface area (Å²) in [5, 5.41) is 3.74. The van der Waals surface area contributed by atoms with Crippen LogP contribution in [0.4, 0.5) is 0 Å². The molecule has 0 aromatic rings. The van der Waals surface area contributed by atoms with E-state index >= 15 is 0 Å². The average Bonchev–Trinajstić information content (AvgIpc) is 2.66. The topological polar surface area (TPSA) is 15.3 Å². The minimum absolute atomic E-state index is 0.815. The summed E-state index contributed by atoms with van der Waals surface area (Å²) in [7, 11) is 0. The van der Waals surface area contributed by atoms with Gasteiger partial charge in [-0.15, -0.1) is 0 Å². The van der Waals surface area contributed by atoms with Crippen molar-refractivity contribution in [2.24, 2.45) is 5.92 Å². The van der Waals surface area contributed by atoms with Gasteiger partial charge in [-0.3, -0.25) is 0 Å². The minimum Gasteiger partial charge on any atom is -0.312 e. The predicted octanol–water partition coefficient (Wildman–Crippen LogP) is 2.25. The maximum Gasteiger partial charge on any atom is 0.0107 e. The number of likely N-dealkylation sites (tertiary alicyclic amines) is 1. The molecule has 0 aromatic carbocycles. The molecule has 0 amide bonds. The van der Waals surface area contributed by atoms with Gasteiger partial charge in [0, 0.05) is 19.1 Å². The second-order valence-corrected chi connectivity index (χ2v) is 5.37. The summed E-state index contributed by atoms with van der Waals surface area (Å²) in [4.78, 5) is 2.62. The molecule has 1 saturated carbocycles. The monoisotopic (exact) mass is 210 g/mol. The highest BCUT2D eigenvalue weighted by atomic mass is 15.1. The summed E-state index contributed by atoms with van der Waals surface area (Å²) in [6.45, 7) is 7.54. The molecule has 15 heavy (non-hydrogen) atoms. The molecule has 1 N–H and O–H groups in total. The van der Waals surface area contributed by atoms with Gasteiger partial charge in [0.1, 0.15) is 0 Å². The zero-order chi connectivity index (χ0) is 10.5. The number of nitrogens with one attached hydrogen (secondary N) is 1. The number of nitrogens with zero attached hydrogens (tertiary/aromatic N) is 1. The van der Waals surface area contributed by atoms with E-state index in [0.717, 1.165) is 12.0 Å². The van der Waals surface area contributed by atoms with Gasteiger partial charge in [0.25, 0.3) is 0 Å². The summed E-state index contributed by atoms with van der Waals surface area (Å²) < 4.78 is 0. The van der Waals surface area contributed by atoms with Gasteiger partial charge in [0.15, 0.2) is 0 Å². The van der Waals surface area contributed by atoms with Gasteiger partial charge in [-0.25, -0.2) is 0 Å². The molecule has 2 rings (SSSR count). The molecule has 2 nitrogen and oxygen atoms in total. The van der Waals surface area contributed by atoms with Gasteiger partial charge < -0.3 is 10.2 Å². The lowest BCUT2D eigenvalue weighted by Crippen LogP contribution is -2.40. The largest absolute Gasteiger partial charge is 0.312 e. The van der Waals surface area contributed by atoms with E-state index in [1.807, 2.05) is 0 Å². The van der Waals surface area contributed by atoms with Gasteiger partial charge in [-0.1, -0.05) is 19.8 Å². The van der Waals surface area contributed by atoms with Crippen molar-refractivity contribution >= 4 is 0 Å². The molecule has 2 heteroatoms. The van der Waals surface area contributed by atoms with E-state index in [4.69, 9.17) is 0 Å². The van der Waals surface area contributed by atoms with E-state index in [2.05, 4.69) is 17.1 Å². The summed E-state index contributed by atoms with van der Waals surface area (Å²) in [6.07, 6.45) is 8.55. The van der Waals surface area contributed by atoms with Crippen molar-refractivity contribution in [2.45, 2.75) is 51.5 Å². The lowest BCUT2D eigenvalue weighted by molar-refractivity contribution is 0.224. The second kappa shape index (κ2) is 5.86. The van der Waals surface area contributed by atoms with Crippen LogP contribution in [0.15, 0.2) is 0 Å². The van der Waals surface area contributed by atoms with Gasteiger partial charge in [0.05, 0.1) is 0 Å². The highest BCUT2D eigenvalue weighted by molar-refractivity contribution is 4.80. The van der Waals surface area contributed by atoms with Gasteiger partial charge in [0.2, 0.25) is 0 Å². The molecule has 2 aliphatic rings. The van der Waals surface area contributed by atoms with Crippen LogP contribution < -0.4 is 5.32 Å². The molecule has 0 radical (unpaired) electrons. The Morgan fingerprint density at radius 2 is 1.87 bits per heavy atom. The third-order valence-electron chi connectivity index (χ3n) is 4.14. The van der Waals surface area contributed by atoms with Gasteiger partial charge in [-0.05, 0) is 44.7 Å². The van der Waals surface area contributed by atoms with Crippen molar-refractivity contribution in [1.82, 2.24) is 10.2 Å². The lowest BCUT2D eigenvalue weighted by atomic mass is 10.1. The highest BCUT2D eigenvalue weighted by Crippen LogP contribution is 2.24. The van der Waals surface area contributed by atoms with Crippen LogP contribution in [-0.4, -0.2) is 37.1 Å². The maximum atomic E-state index is 3.74. The second-order valence-electron chi connectivity index (χ2n) is 5.37. The first kappa shape index (κ1) is 11.4. The SMILES string of the molecule is CC1CCCC1NCCN1CCCCC1. The Hall–Kier alpha value is -0.0800. The fourth-order valence-electron chi connectivity index (χ4n) is 3.04. The molecule has 1 heterocycles. The van der Waals surface area contributed by atoms with Crippen LogP contribution in [0.5, 0.6) is 0 Å². The minimum atomic E-state index is 0.815. The van der Waals surface area contributed by atoms with Crippen LogP contribution in [-0.2, 0) is 0 Å². The Morgan fingerprint density at radius 3 is 2.53 bits per heavy atom. The van der Waals surface area contributed by atoms with Crippen molar-refractivity contribution < 1.29 is 0 Å². The molecular formula is C13H26N2. The summed E-state index contributed by atoms with van der Waals surface area (Å²) >= 11 is 0. The molecule has 1 aliphatic carbocycles. The molecule has 2 unspecified atom stereocenters. The Bertz CT molecular complexity index is 175. The molecular weight excluding hydrogens is 184 g/mol. The van der Waals surface area contributed by atoms with E-state index < -0.39 is 0 Å². The molecule has 2 atom stereocenters. The van der Waals surface area contributed by atoms with Crippen LogP contribution in [0.3, 0.4) is 0 Å². The fourth-order valence-corrected chi connectivity index (χ4v) is 3.04. The third kappa shape index (κ3) is 3.46. The van der Waals surface area contributed by atoms with Gasteiger partial charge in [-0.2, -0.15) is 0 Å².